The molecule has 0 aliphatic heterocycles. The van der Waals surface area contributed by atoms with Crippen molar-refractivity contribution in [1.29, 1.82) is 0 Å². The highest BCUT2D eigenvalue weighted by atomic mass is 19.1. The van der Waals surface area contributed by atoms with Gasteiger partial charge in [0.25, 0.3) is 0 Å². The number of fused-ring (bicyclic) bond motifs is 1. The number of benzene rings is 1. The molecule has 0 bridgehead atoms. The van der Waals surface area contributed by atoms with Crippen LogP contribution in [0.25, 0.3) is 28.0 Å². The van der Waals surface area contributed by atoms with E-state index >= 15 is 0 Å². The number of anilines is 2. The van der Waals surface area contributed by atoms with Crippen LogP contribution in [0.4, 0.5) is 16.0 Å². The average molecular weight is 485 g/mol. The molecule has 0 amide bonds. The molecule has 6 rings (SSSR count). The Labute approximate surface area is 211 Å². The van der Waals surface area contributed by atoms with Gasteiger partial charge in [0.1, 0.15) is 11.5 Å². The molecule has 3 heterocycles. The molecule has 2 saturated carbocycles. The van der Waals surface area contributed by atoms with Crippen molar-refractivity contribution < 1.29 is 4.39 Å². The van der Waals surface area contributed by atoms with E-state index in [2.05, 4.69) is 34.7 Å². The molecule has 6 nitrogen and oxygen atoms in total. The van der Waals surface area contributed by atoms with Crippen LogP contribution >= 0.6 is 0 Å². The third kappa shape index (κ3) is 4.66. The minimum Gasteiger partial charge on any atom is -0.382 e. The predicted octanol–water partition coefficient (Wildman–Crippen LogP) is 7.00. The molecule has 0 unspecified atom stereocenters. The molecule has 0 radical (unpaired) electrons. The normalized spacial score (nSPS) is 17.1. The van der Waals surface area contributed by atoms with Crippen LogP contribution in [0, 0.1) is 12.7 Å². The molecule has 0 atom stereocenters. The van der Waals surface area contributed by atoms with Gasteiger partial charge in [-0.05, 0) is 75.1 Å². The Balaban J connectivity index is 1.47. The summed E-state index contributed by atoms with van der Waals surface area (Å²) < 4.78 is 15.7. The number of hydrogen-bond acceptors (Lipinski definition) is 5. The lowest BCUT2D eigenvalue weighted by molar-refractivity contribution is 0.462. The fourth-order valence-corrected chi connectivity index (χ4v) is 5.76. The van der Waals surface area contributed by atoms with E-state index in [1.807, 2.05) is 16.8 Å². The summed E-state index contributed by atoms with van der Waals surface area (Å²) in [6.45, 7) is 2.08. The van der Waals surface area contributed by atoms with E-state index in [-0.39, 0.29) is 5.82 Å². The smallest absolute Gasteiger partial charge is 0.223 e. The van der Waals surface area contributed by atoms with Gasteiger partial charge in [0.15, 0.2) is 0 Å². The maximum absolute atomic E-state index is 13.8. The van der Waals surface area contributed by atoms with Crippen molar-refractivity contribution in [3.05, 3.63) is 60.2 Å². The molecule has 7 heteroatoms. The molecule has 0 saturated heterocycles. The van der Waals surface area contributed by atoms with E-state index in [1.54, 1.807) is 12.1 Å². The quantitative estimate of drug-likeness (QED) is 0.308. The zero-order valence-electron chi connectivity index (χ0n) is 20.8. The third-order valence-electron chi connectivity index (χ3n) is 7.61. The summed E-state index contributed by atoms with van der Waals surface area (Å²) in [6.07, 6.45) is 12.9. The Morgan fingerprint density at radius 3 is 2.31 bits per heavy atom. The molecule has 3 aromatic heterocycles. The zero-order chi connectivity index (χ0) is 24.5. The number of nitrogens with one attached hydrogen (secondary N) is 2. The van der Waals surface area contributed by atoms with Crippen molar-refractivity contribution in [3.8, 4) is 22.5 Å². The first-order valence-electron chi connectivity index (χ1n) is 13.3. The first-order valence-corrected chi connectivity index (χ1v) is 13.3. The van der Waals surface area contributed by atoms with Crippen LogP contribution in [0.1, 0.15) is 63.5 Å². The maximum atomic E-state index is 13.8. The van der Waals surface area contributed by atoms with E-state index in [0.717, 1.165) is 52.3 Å². The predicted molar refractivity (Wildman–Crippen MR) is 143 cm³/mol. The second-order valence-electron chi connectivity index (χ2n) is 10.3. The van der Waals surface area contributed by atoms with Gasteiger partial charge < -0.3 is 10.6 Å². The van der Waals surface area contributed by atoms with Gasteiger partial charge >= 0.3 is 0 Å². The Bertz CT molecular complexity index is 1350. The summed E-state index contributed by atoms with van der Waals surface area (Å²) in [6, 6.07) is 13.8. The van der Waals surface area contributed by atoms with Crippen molar-refractivity contribution in [2.24, 2.45) is 0 Å². The number of aryl methyl sites for hydroxylation is 1. The summed E-state index contributed by atoms with van der Waals surface area (Å²) in [5.41, 5.74) is 6.54. The minimum atomic E-state index is -0.260. The largest absolute Gasteiger partial charge is 0.382 e. The average Bonchev–Trinajstić information content (AvgIpc) is 3.54. The summed E-state index contributed by atoms with van der Waals surface area (Å²) in [5, 5.41) is 12.3. The van der Waals surface area contributed by atoms with E-state index in [4.69, 9.17) is 10.1 Å². The van der Waals surface area contributed by atoms with Gasteiger partial charge in [0.2, 0.25) is 5.95 Å². The second-order valence-corrected chi connectivity index (χ2v) is 10.3. The number of nitrogens with zero attached hydrogens (tertiary/aromatic N) is 4. The van der Waals surface area contributed by atoms with Gasteiger partial charge in [-0.3, -0.25) is 0 Å². The molecule has 4 aromatic rings. The van der Waals surface area contributed by atoms with Gasteiger partial charge in [-0.1, -0.05) is 32.1 Å². The standard InChI is InChI=1S/C29H33FN6/c1-19-17-24(32-22-7-3-2-4-8-22)18-26-27(28(35-36(19)26)20-11-13-21(30)14-12-20)25-15-16-31-29(34-25)33-23-9-5-6-10-23/h11-18,22-23,32H,2-10H2,1H3,(H,31,33,34). The maximum Gasteiger partial charge on any atom is 0.223 e. The summed E-state index contributed by atoms with van der Waals surface area (Å²) >= 11 is 0. The van der Waals surface area contributed by atoms with Crippen LogP contribution in [-0.2, 0) is 0 Å². The lowest BCUT2D eigenvalue weighted by atomic mass is 9.95. The highest BCUT2D eigenvalue weighted by Crippen LogP contribution is 2.37. The molecule has 36 heavy (non-hydrogen) atoms. The van der Waals surface area contributed by atoms with Gasteiger partial charge in [0, 0.05) is 35.2 Å². The Kier molecular flexibility index (Phi) is 6.30. The number of hydrogen-bond donors (Lipinski definition) is 2. The Hall–Kier alpha value is -3.48. The number of rotatable bonds is 6. The lowest BCUT2D eigenvalue weighted by Gasteiger charge is -2.24. The van der Waals surface area contributed by atoms with Crippen LogP contribution in [0.3, 0.4) is 0 Å². The lowest BCUT2D eigenvalue weighted by Crippen LogP contribution is -2.22. The Morgan fingerprint density at radius 2 is 1.56 bits per heavy atom. The topological polar surface area (TPSA) is 67.1 Å². The van der Waals surface area contributed by atoms with E-state index in [0.29, 0.717) is 18.0 Å². The first kappa shape index (κ1) is 23.0. The monoisotopic (exact) mass is 484 g/mol. The fraction of sp³-hybridized carbons (Fsp3) is 0.414. The highest BCUT2D eigenvalue weighted by molar-refractivity contribution is 5.92. The van der Waals surface area contributed by atoms with E-state index in [9.17, 15) is 4.39 Å². The molecular weight excluding hydrogens is 451 g/mol. The third-order valence-corrected chi connectivity index (χ3v) is 7.61. The SMILES string of the molecule is Cc1cc(NC2CCCCC2)cc2c(-c3ccnc(NC4CCCC4)n3)c(-c3ccc(F)cc3)nn12. The number of halogens is 1. The van der Waals surface area contributed by atoms with Gasteiger partial charge in [0.05, 0.1) is 16.8 Å². The van der Waals surface area contributed by atoms with Crippen molar-refractivity contribution in [2.45, 2.75) is 76.8 Å². The molecule has 186 valence electrons. The first-order chi connectivity index (χ1) is 17.6. The molecule has 1 aromatic carbocycles. The second kappa shape index (κ2) is 9.88. The van der Waals surface area contributed by atoms with Crippen LogP contribution in [0.2, 0.25) is 0 Å². The fourth-order valence-electron chi connectivity index (χ4n) is 5.76. The number of aromatic nitrogens is 4. The summed E-state index contributed by atoms with van der Waals surface area (Å²) in [4.78, 5) is 9.45. The van der Waals surface area contributed by atoms with Crippen molar-refractivity contribution in [2.75, 3.05) is 10.6 Å². The van der Waals surface area contributed by atoms with Crippen molar-refractivity contribution in [1.82, 2.24) is 19.6 Å². The van der Waals surface area contributed by atoms with E-state index in [1.165, 1.54) is 57.1 Å². The summed E-state index contributed by atoms with van der Waals surface area (Å²) in [5.74, 6) is 0.390. The molecule has 2 fully saturated rings. The van der Waals surface area contributed by atoms with Crippen LogP contribution in [0.15, 0.2) is 48.7 Å². The molecule has 0 spiro atoms. The highest BCUT2D eigenvalue weighted by Gasteiger charge is 2.22. The Morgan fingerprint density at radius 1 is 0.861 bits per heavy atom. The van der Waals surface area contributed by atoms with Gasteiger partial charge in [-0.25, -0.2) is 18.9 Å². The molecular formula is C29H33FN6. The van der Waals surface area contributed by atoms with Crippen molar-refractivity contribution in [3.63, 3.8) is 0 Å². The molecule has 2 N–H and O–H groups in total. The van der Waals surface area contributed by atoms with E-state index < -0.39 is 0 Å². The molecule has 2 aliphatic rings. The van der Waals surface area contributed by atoms with Crippen molar-refractivity contribution >= 4 is 17.2 Å². The van der Waals surface area contributed by atoms with Crippen LogP contribution in [0.5, 0.6) is 0 Å². The zero-order valence-corrected chi connectivity index (χ0v) is 20.8. The van der Waals surface area contributed by atoms with Gasteiger partial charge in [-0.2, -0.15) is 5.10 Å². The van der Waals surface area contributed by atoms with Gasteiger partial charge in [-0.15, -0.1) is 0 Å². The minimum absolute atomic E-state index is 0.260. The van der Waals surface area contributed by atoms with Crippen LogP contribution in [-0.4, -0.2) is 31.7 Å². The summed E-state index contributed by atoms with van der Waals surface area (Å²) in [7, 11) is 0. The molecule has 2 aliphatic carbocycles. The number of pyridine rings is 1. The van der Waals surface area contributed by atoms with Crippen LogP contribution < -0.4 is 10.6 Å².